The van der Waals surface area contributed by atoms with Crippen LogP contribution < -0.4 is 11.2 Å². The zero-order valence-corrected chi connectivity index (χ0v) is 15.5. The third kappa shape index (κ3) is 3.56. The molecule has 0 bridgehead atoms. The van der Waals surface area contributed by atoms with Crippen LogP contribution in [0, 0.1) is 0 Å². The van der Waals surface area contributed by atoms with Gasteiger partial charge in [0.05, 0.1) is 0 Å². The summed E-state index contributed by atoms with van der Waals surface area (Å²) in [7, 11) is 1.63. The van der Waals surface area contributed by atoms with Gasteiger partial charge in [0, 0.05) is 18.8 Å². The maximum absolute atomic E-state index is 12.4. The van der Waals surface area contributed by atoms with E-state index in [9.17, 15) is 9.59 Å². The standard InChI is InChI=1S/C18H22N4O2S/c1-4-12(2)25-18-19-15-14(16(23)20-17(24)21(15)3)22(18)11-10-13-8-6-5-7-9-13/h5-9,12H,4,10-11H2,1-3H3,(H,20,23,24)/t12-/m1/s1. The van der Waals surface area contributed by atoms with Crippen molar-refractivity contribution < 1.29 is 0 Å². The van der Waals surface area contributed by atoms with E-state index in [2.05, 4.69) is 35.9 Å². The number of H-pyrrole nitrogens is 1. The van der Waals surface area contributed by atoms with Crippen molar-refractivity contribution >= 4 is 22.9 Å². The number of rotatable bonds is 6. The molecule has 0 unspecified atom stereocenters. The first kappa shape index (κ1) is 17.5. The van der Waals surface area contributed by atoms with Crippen LogP contribution in [0.3, 0.4) is 0 Å². The van der Waals surface area contributed by atoms with Crippen LogP contribution in [0.5, 0.6) is 0 Å². The summed E-state index contributed by atoms with van der Waals surface area (Å²) in [6.07, 6.45) is 1.80. The summed E-state index contributed by atoms with van der Waals surface area (Å²) >= 11 is 1.64. The van der Waals surface area contributed by atoms with E-state index in [1.165, 1.54) is 10.1 Å². The van der Waals surface area contributed by atoms with Crippen LogP contribution in [0.2, 0.25) is 0 Å². The van der Waals surface area contributed by atoms with Crippen LogP contribution in [0.4, 0.5) is 0 Å². The molecule has 0 spiro atoms. The van der Waals surface area contributed by atoms with E-state index < -0.39 is 5.69 Å². The fraction of sp³-hybridized carbons (Fsp3) is 0.389. The number of nitrogens with zero attached hydrogens (tertiary/aromatic N) is 3. The highest BCUT2D eigenvalue weighted by molar-refractivity contribution is 7.99. The highest BCUT2D eigenvalue weighted by atomic mass is 32.2. The lowest BCUT2D eigenvalue weighted by atomic mass is 10.1. The van der Waals surface area contributed by atoms with E-state index in [0.717, 1.165) is 18.0 Å². The van der Waals surface area contributed by atoms with Gasteiger partial charge in [0.1, 0.15) is 0 Å². The molecule has 1 aromatic carbocycles. The minimum absolute atomic E-state index is 0.378. The van der Waals surface area contributed by atoms with Crippen LogP contribution in [0.25, 0.3) is 11.2 Å². The molecule has 6 nitrogen and oxygen atoms in total. The molecule has 0 aliphatic heterocycles. The first-order valence-electron chi connectivity index (χ1n) is 8.41. The van der Waals surface area contributed by atoms with Gasteiger partial charge < -0.3 is 4.57 Å². The molecule has 2 heterocycles. The maximum atomic E-state index is 12.4. The second-order valence-electron chi connectivity index (χ2n) is 6.11. The number of benzene rings is 1. The minimum Gasteiger partial charge on any atom is -0.313 e. The van der Waals surface area contributed by atoms with E-state index >= 15 is 0 Å². The Balaban J connectivity index is 2.09. The predicted octanol–water partition coefficient (Wildman–Crippen LogP) is 2.56. The zero-order valence-electron chi connectivity index (χ0n) is 14.7. The fourth-order valence-electron chi connectivity index (χ4n) is 2.66. The van der Waals surface area contributed by atoms with Crippen molar-refractivity contribution in [2.75, 3.05) is 0 Å². The Morgan fingerprint density at radius 2 is 1.96 bits per heavy atom. The number of hydrogen-bond donors (Lipinski definition) is 1. The van der Waals surface area contributed by atoms with Gasteiger partial charge in [0.15, 0.2) is 16.3 Å². The normalized spacial score (nSPS) is 12.6. The van der Waals surface area contributed by atoms with E-state index in [-0.39, 0.29) is 5.56 Å². The molecule has 3 aromatic rings. The molecular weight excluding hydrogens is 336 g/mol. The van der Waals surface area contributed by atoms with Gasteiger partial charge in [-0.05, 0) is 18.4 Å². The monoisotopic (exact) mass is 358 g/mol. The second-order valence-corrected chi connectivity index (χ2v) is 7.51. The van der Waals surface area contributed by atoms with Gasteiger partial charge in [-0.15, -0.1) is 0 Å². The third-order valence-corrected chi connectivity index (χ3v) is 5.58. The maximum Gasteiger partial charge on any atom is 0.329 e. The van der Waals surface area contributed by atoms with Gasteiger partial charge in [-0.3, -0.25) is 14.3 Å². The Bertz CT molecular complexity index is 988. The average Bonchev–Trinajstić information content (AvgIpc) is 2.97. The highest BCUT2D eigenvalue weighted by Crippen LogP contribution is 2.27. The van der Waals surface area contributed by atoms with Crippen LogP contribution >= 0.6 is 11.8 Å². The number of aryl methyl sites for hydroxylation is 3. The van der Waals surface area contributed by atoms with Crippen LogP contribution in [-0.4, -0.2) is 24.4 Å². The van der Waals surface area contributed by atoms with E-state index in [1.807, 2.05) is 22.8 Å². The van der Waals surface area contributed by atoms with E-state index in [4.69, 9.17) is 0 Å². The SMILES string of the molecule is CC[C@@H](C)Sc1nc2c(c(=O)[nH]c(=O)n2C)n1CCc1ccccc1. The number of imidazole rings is 1. The Hall–Kier alpha value is -2.28. The van der Waals surface area contributed by atoms with E-state index in [1.54, 1.807) is 18.8 Å². The molecule has 0 radical (unpaired) electrons. The smallest absolute Gasteiger partial charge is 0.313 e. The van der Waals surface area contributed by atoms with Gasteiger partial charge in [0.25, 0.3) is 5.56 Å². The first-order chi connectivity index (χ1) is 12.0. The molecule has 132 valence electrons. The molecule has 0 amide bonds. The Morgan fingerprint density at radius 3 is 2.64 bits per heavy atom. The quantitative estimate of drug-likeness (QED) is 0.688. The Labute approximate surface area is 149 Å². The van der Waals surface area contributed by atoms with Crippen molar-refractivity contribution in [3.8, 4) is 0 Å². The van der Waals surface area contributed by atoms with Crippen molar-refractivity contribution in [3.63, 3.8) is 0 Å². The number of nitrogens with one attached hydrogen (secondary N) is 1. The van der Waals surface area contributed by atoms with Gasteiger partial charge in [-0.1, -0.05) is 55.9 Å². The van der Waals surface area contributed by atoms with Crippen molar-refractivity contribution in [2.24, 2.45) is 7.05 Å². The number of aromatic amines is 1. The summed E-state index contributed by atoms with van der Waals surface area (Å²) in [4.78, 5) is 31.3. The molecular formula is C18H22N4O2S. The lowest BCUT2D eigenvalue weighted by Crippen LogP contribution is -2.29. The zero-order chi connectivity index (χ0) is 18.0. The molecule has 0 saturated heterocycles. The molecule has 2 aromatic heterocycles. The fourth-order valence-corrected chi connectivity index (χ4v) is 3.64. The van der Waals surface area contributed by atoms with Gasteiger partial charge in [-0.2, -0.15) is 0 Å². The van der Waals surface area contributed by atoms with Crippen molar-refractivity contribution in [3.05, 3.63) is 56.7 Å². The average molecular weight is 358 g/mol. The Kier molecular flexibility index (Phi) is 5.13. The van der Waals surface area contributed by atoms with Crippen LogP contribution in [0.15, 0.2) is 45.1 Å². The molecule has 0 aliphatic carbocycles. The summed E-state index contributed by atoms with van der Waals surface area (Å²) in [6, 6.07) is 10.1. The number of hydrogen-bond acceptors (Lipinski definition) is 4. The molecule has 0 aliphatic rings. The molecule has 1 N–H and O–H groups in total. The molecule has 0 saturated carbocycles. The topological polar surface area (TPSA) is 72.7 Å². The van der Waals surface area contributed by atoms with Gasteiger partial charge >= 0.3 is 5.69 Å². The molecule has 0 fully saturated rings. The molecule has 1 atom stereocenters. The summed E-state index contributed by atoms with van der Waals surface area (Å²) < 4.78 is 3.34. The summed E-state index contributed by atoms with van der Waals surface area (Å²) in [5.74, 6) is 0. The number of aromatic nitrogens is 4. The Morgan fingerprint density at radius 1 is 1.24 bits per heavy atom. The van der Waals surface area contributed by atoms with Crippen molar-refractivity contribution in [1.29, 1.82) is 0 Å². The lowest BCUT2D eigenvalue weighted by molar-refractivity contribution is 0.648. The summed E-state index contributed by atoms with van der Waals surface area (Å²) in [5, 5.41) is 1.16. The molecule has 7 heteroatoms. The van der Waals surface area contributed by atoms with Crippen LogP contribution in [-0.2, 0) is 20.0 Å². The first-order valence-corrected chi connectivity index (χ1v) is 9.29. The second kappa shape index (κ2) is 7.31. The van der Waals surface area contributed by atoms with Gasteiger partial charge in [0.2, 0.25) is 0 Å². The van der Waals surface area contributed by atoms with Crippen LogP contribution in [0.1, 0.15) is 25.8 Å². The number of fused-ring (bicyclic) bond motifs is 1. The molecule has 25 heavy (non-hydrogen) atoms. The minimum atomic E-state index is -0.440. The van der Waals surface area contributed by atoms with Gasteiger partial charge in [-0.25, -0.2) is 9.78 Å². The lowest BCUT2D eigenvalue weighted by Gasteiger charge is -2.11. The highest BCUT2D eigenvalue weighted by Gasteiger charge is 2.18. The molecule has 3 rings (SSSR count). The number of thioether (sulfide) groups is 1. The largest absolute Gasteiger partial charge is 0.329 e. The summed E-state index contributed by atoms with van der Waals surface area (Å²) in [6.45, 7) is 4.90. The van der Waals surface area contributed by atoms with Crippen molar-refractivity contribution in [1.82, 2.24) is 19.1 Å². The predicted molar refractivity (Wildman–Crippen MR) is 101 cm³/mol. The third-order valence-electron chi connectivity index (χ3n) is 4.32. The summed E-state index contributed by atoms with van der Waals surface area (Å²) in [5.41, 5.74) is 1.28. The van der Waals surface area contributed by atoms with E-state index in [0.29, 0.717) is 23.0 Å². The van der Waals surface area contributed by atoms with Crippen molar-refractivity contribution in [2.45, 2.75) is 43.6 Å².